The van der Waals surface area contributed by atoms with E-state index < -0.39 is 57.9 Å². The van der Waals surface area contributed by atoms with E-state index in [1.165, 1.54) is 43.5 Å². The summed E-state index contributed by atoms with van der Waals surface area (Å²) in [4.78, 5) is 24.4. The molecule has 180 valence electrons. The predicted molar refractivity (Wildman–Crippen MR) is 113 cm³/mol. The minimum Gasteiger partial charge on any atom is -0.497 e. The van der Waals surface area contributed by atoms with Gasteiger partial charge in [0.1, 0.15) is 11.8 Å². The fourth-order valence-electron chi connectivity index (χ4n) is 2.70. The molecular formula is C21H23F3N2O6S. The molecule has 0 saturated heterocycles. The van der Waals surface area contributed by atoms with E-state index in [9.17, 15) is 31.2 Å². The molecule has 0 fully saturated rings. The molecule has 1 amide bonds. The van der Waals surface area contributed by atoms with Gasteiger partial charge in [-0.1, -0.05) is 26.0 Å². The van der Waals surface area contributed by atoms with Crippen LogP contribution in [-0.2, 0) is 30.5 Å². The summed E-state index contributed by atoms with van der Waals surface area (Å²) in [6.07, 6.45) is -4.69. The molecular weight excluding hydrogens is 465 g/mol. The second kappa shape index (κ2) is 10.7. The van der Waals surface area contributed by atoms with Crippen LogP contribution in [0.25, 0.3) is 0 Å². The first-order valence-electron chi connectivity index (χ1n) is 9.64. The zero-order chi connectivity index (χ0) is 24.8. The molecule has 1 unspecified atom stereocenters. The number of halogens is 3. The fraction of sp³-hybridized carbons (Fsp3) is 0.333. The minimum atomic E-state index is -4.69. The normalized spacial score (nSPS) is 12.8. The van der Waals surface area contributed by atoms with Gasteiger partial charge in [0.25, 0.3) is 5.91 Å². The van der Waals surface area contributed by atoms with Crippen molar-refractivity contribution < 1.29 is 40.7 Å². The second-order valence-corrected chi connectivity index (χ2v) is 8.93. The molecule has 0 aliphatic heterocycles. The molecule has 12 heteroatoms. The van der Waals surface area contributed by atoms with Crippen LogP contribution in [0, 0.1) is 5.92 Å². The van der Waals surface area contributed by atoms with Crippen molar-refractivity contribution in [3.63, 3.8) is 0 Å². The summed E-state index contributed by atoms with van der Waals surface area (Å²) in [5.74, 6) is -2.19. The molecule has 0 heterocycles. The van der Waals surface area contributed by atoms with Crippen LogP contribution in [0.4, 0.5) is 18.9 Å². The van der Waals surface area contributed by atoms with Crippen LogP contribution < -0.4 is 14.8 Å². The minimum absolute atomic E-state index is 0.122. The van der Waals surface area contributed by atoms with Crippen LogP contribution >= 0.6 is 0 Å². The van der Waals surface area contributed by atoms with E-state index in [-0.39, 0.29) is 4.90 Å². The summed E-state index contributed by atoms with van der Waals surface area (Å²) in [7, 11) is -2.69. The van der Waals surface area contributed by atoms with E-state index in [0.717, 1.165) is 12.1 Å². The number of anilines is 1. The van der Waals surface area contributed by atoms with Crippen molar-refractivity contribution in [1.29, 1.82) is 0 Å². The SMILES string of the molecule is COc1ccc(S(=O)(=O)NC(C(=O)OCC(=O)Nc2ccccc2C(F)(F)F)C(C)C)cc1. The summed E-state index contributed by atoms with van der Waals surface area (Å²) in [5.41, 5.74) is -1.55. The number of esters is 1. The number of carbonyl (C=O) groups is 2. The first-order valence-corrected chi connectivity index (χ1v) is 11.1. The van der Waals surface area contributed by atoms with Crippen LogP contribution in [0.15, 0.2) is 53.4 Å². The highest BCUT2D eigenvalue weighted by atomic mass is 32.2. The number of ether oxygens (including phenoxy) is 2. The Bertz CT molecular complexity index is 1090. The number of nitrogens with one attached hydrogen (secondary N) is 2. The quantitative estimate of drug-likeness (QED) is 0.525. The molecule has 2 aromatic rings. The Hall–Kier alpha value is -3.12. The number of sulfonamides is 1. The van der Waals surface area contributed by atoms with Crippen LogP contribution in [0.2, 0.25) is 0 Å². The molecule has 0 aliphatic carbocycles. The molecule has 0 saturated carbocycles. The predicted octanol–water partition coefficient (Wildman–Crippen LogP) is 3.20. The lowest BCUT2D eigenvalue weighted by Crippen LogP contribution is -2.45. The van der Waals surface area contributed by atoms with E-state index >= 15 is 0 Å². The molecule has 2 N–H and O–H groups in total. The zero-order valence-corrected chi connectivity index (χ0v) is 18.8. The number of hydrogen-bond donors (Lipinski definition) is 2. The van der Waals surface area contributed by atoms with E-state index in [0.29, 0.717) is 5.75 Å². The molecule has 0 spiro atoms. The van der Waals surface area contributed by atoms with Crippen molar-refractivity contribution >= 4 is 27.6 Å². The third-order valence-electron chi connectivity index (χ3n) is 4.42. The van der Waals surface area contributed by atoms with Crippen molar-refractivity contribution in [3.8, 4) is 5.75 Å². The Morgan fingerprint density at radius 1 is 1.03 bits per heavy atom. The van der Waals surface area contributed by atoms with Crippen molar-refractivity contribution in [3.05, 3.63) is 54.1 Å². The number of para-hydroxylation sites is 1. The van der Waals surface area contributed by atoms with Gasteiger partial charge in [-0.15, -0.1) is 0 Å². The molecule has 1 atom stereocenters. The third kappa shape index (κ3) is 7.19. The number of benzene rings is 2. The Balaban J connectivity index is 2.05. The average molecular weight is 488 g/mol. The maximum Gasteiger partial charge on any atom is 0.418 e. The van der Waals surface area contributed by atoms with E-state index in [1.807, 2.05) is 5.32 Å². The largest absolute Gasteiger partial charge is 0.497 e. The number of methoxy groups -OCH3 is 1. The Morgan fingerprint density at radius 2 is 1.64 bits per heavy atom. The smallest absolute Gasteiger partial charge is 0.418 e. The van der Waals surface area contributed by atoms with Crippen molar-refractivity contribution in [1.82, 2.24) is 4.72 Å². The number of amides is 1. The van der Waals surface area contributed by atoms with Crippen molar-refractivity contribution in [2.75, 3.05) is 19.0 Å². The standard InChI is InChI=1S/C21H23F3N2O6S/c1-13(2)19(26-33(29,30)15-10-8-14(31-3)9-11-15)20(28)32-12-18(27)25-17-7-5-4-6-16(17)21(22,23)24/h4-11,13,19,26H,12H2,1-3H3,(H,25,27). The molecule has 0 aromatic heterocycles. The number of hydrogen-bond acceptors (Lipinski definition) is 6. The molecule has 0 bridgehead atoms. The van der Waals surface area contributed by atoms with Crippen LogP contribution in [0.3, 0.4) is 0 Å². The van der Waals surface area contributed by atoms with Gasteiger partial charge in [0.2, 0.25) is 10.0 Å². The number of rotatable bonds is 9. The highest BCUT2D eigenvalue weighted by Crippen LogP contribution is 2.34. The molecule has 2 aromatic carbocycles. The molecule has 0 radical (unpaired) electrons. The maximum absolute atomic E-state index is 13.0. The molecule has 2 rings (SSSR count). The summed E-state index contributed by atoms with van der Waals surface area (Å²) in [5, 5.41) is 2.04. The highest BCUT2D eigenvalue weighted by Gasteiger charge is 2.34. The fourth-order valence-corrected chi connectivity index (χ4v) is 4.03. The van der Waals surface area contributed by atoms with Gasteiger partial charge in [0, 0.05) is 0 Å². The van der Waals surface area contributed by atoms with Gasteiger partial charge in [-0.25, -0.2) is 8.42 Å². The summed E-state index contributed by atoms with van der Waals surface area (Å²) in [6, 6.07) is 8.42. The van der Waals surface area contributed by atoms with Crippen molar-refractivity contribution in [2.45, 2.75) is 31.0 Å². The number of alkyl halides is 3. The zero-order valence-electron chi connectivity index (χ0n) is 18.0. The van der Waals surface area contributed by atoms with Crippen LogP contribution in [0.1, 0.15) is 19.4 Å². The number of carbonyl (C=O) groups excluding carboxylic acids is 2. The molecule has 8 nitrogen and oxygen atoms in total. The van der Waals surface area contributed by atoms with E-state index in [2.05, 4.69) is 4.72 Å². The lowest BCUT2D eigenvalue weighted by Gasteiger charge is -2.21. The van der Waals surface area contributed by atoms with Crippen LogP contribution in [-0.4, -0.2) is 40.1 Å². The summed E-state index contributed by atoms with van der Waals surface area (Å²) >= 11 is 0. The Morgan fingerprint density at radius 3 is 2.18 bits per heavy atom. The first-order chi connectivity index (χ1) is 15.3. The van der Waals surface area contributed by atoms with Gasteiger partial charge in [0.15, 0.2) is 6.61 Å². The van der Waals surface area contributed by atoms with Gasteiger partial charge in [-0.05, 0) is 42.3 Å². The molecule has 0 aliphatic rings. The third-order valence-corrected chi connectivity index (χ3v) is 5.88. The lowest BCUT2D eigenvalue weighted by molar-refractivity contribution is -0.150. The van der Waals surface area contributed by atoms with E-state index in [1.54, 1.807) is 13.8 Å². The topological polar surface area (TPSA) is 111 Å². The van der Waals surface area contributed by atoms with Gasteiger partial charge >= 0.3 is 12.1 Å². The van der Waals surface area contributed by atoms with Gasteiger partial charge < -0.3 is 14.8 Å². The van der Waals surface area contributed by atoms with Crippen LogP contribution in [0.5, 0.6) is 5.75 Å². The Labute approximate surface area is 189 Å². The monoisotopic (exact) mass is 488 g/mol. The van der Waals surface area contributed by atoms with Gasteiger partial charge in [-0.3, -0.25) is 9.59 Å². The summed E-state index contributed by atoms with van der Waals surface area (Å²) < 4.78 is 76.4. The second-order valence-electron chi connectivity index (χ2n) is 7.22. The van der Waals surface area contributed by atoms with E-state index in [4.69, 9.17) is 9.47 Å². The highest BCUT2D eigenvalue weighted by molar-refractivity contribution is 7.89. The first kappa shape index (κ1) is 26.1. The van der Waals surface area contributed by atoms with Gasteiger partial charge in [-0.2, -0.15) is 17.9 Å². The Kier molecular flexibility index (Phi) is 8.45. The molecule has 33 heavy (non-hydrogen) atoms. The van der Waals surface area contributed by atoms with Crippen molar-refractivity contribution in [2.24, 2.45) is 5.92 Å². The summed E-state index contributed by atoms with van der Waals surface area (Å²) in [6.45, 7) is 2.21. The average Bonchev–Trinajstić information content (AvgIpc) is 2.75. The lowest BCUT2D eigenvalue weighted by atomic mass is 10.1. The maximum atomic E-state index is 13.0. The van der Waals surface area contributed by atoms with Gasteiger partial charge in [0.05, 0.1) is 23.3 Å².